The molecule has 383 valence electrons. The Morgan fingerprint density at radius 1 is 0.613 bits per heavy atom. The van der Waals surface area contributed by atoms with Gasteiger partial charge in [0.25, 0.3) is 0 Å². The summed E-state index contributed by atoms with van der Waals surface area (Å²) in [6, 6.07) is 13.9. The molecule has 20 heteroatoms. The standard InChI is InChI=1S/C27H31N5O2S.C24H27N5OS.C3H4O2.CN.B.Na/c1-3-19-4-2-6-23(22(19)5-1)25-26-24(28-27(29-25)32-11-13-33-14-12-32)20(18-35-26)15-30-7-9-31(10-8-30)21-16-34-17-21;1-3-17-4-2-6-20(19(17)5-1)22-23-21(26-24(27-22)29-11-13-30-14-12-29)18(16-31-23)15-28-9-7-25-8-10-28;4-3-1-5-2-3;1-2;;/h1-2,4-6,18,21H,3,7-17H2;1-2,4-6,16,25H,3,7-15H2;1-2H2;;;/q;;;-1;;+1. The summed E-state index contributed by atoms with van der Waals surface area (Å²) in [5.41, 5.74) is 14.9. The van der Waals surface area contributed by atoms with Gasteiger partial charge in [0, 0.05) is 122 Å². The number of hydrogen-bond donors (Lipinski definition) is 1. The van der Waals surface area contributed by atoms with E-state index in [2.05, 4.69) is 106 Å². The Hall–Kier alpha value is -4.50. The van der Waals surface area contributed by atoms with Gasteiger partial charge in [-0.1, -0.05) is 60.7 Å². The number of piperazine rings is 2. The molecule has 6 aromatic rings. The van der Waals surface area contributed by atoms with Crippen molar-refractivity contribution in [3.63, 3.8) is 0 Å². The van der Waals surface area contributed by atoms with Gasteiger partial charge in [0.05, 0.1) is 77.5 Å². The fourth-order valence-electron chi connectivity index (χ4n) is 10.6. The molecule has 6 saturated heterocycles. The summed E-state index contributed by atoms with van der Waals surface area (Å²) in [5.74, 6) is 1.89. The minimum Gasteiger partial charge on any atom is -0.512 e. The number of Topliss-reactive ketones (excluding diaryl/α,β-unsaturated/α-hetero) is 1. The number of allylic oxidation sites excluding steroid dienone is 2. The Kier molecular flexibility index (Phi) is 19.3. The van der Waals surface area contributed by atoms with E-state index in [9.17, 15) is 4.79 Å². The molecule has 14 rings (SSSR count). The Labute approximate surface area is 471 Å². The van der Waals surface area contributed by atoms with Gasteiger partial charge < -0.3 is 45.9 Å². The number of ketones is 1. The zero-order chi connectivity index (χ0) is 49.5. The SMILES string of the molecule is C1=Cc2c(cccc2-c2nc(N3CCOCC3)nc3c(CN4CCN(C5COC5)CC4)csc23)C1.C1=Cc2c(cccc2-c2nc(N3CCOCC3)nc3c(CN4CCNCC4)csc23)C1.O=C1COC1.[B].[C-]#N.[Na+]. The van der Waals surface area contributed by atoms with E-state index < -0.39 is 0 Å². The van der Waals surface area contributed by atoms with E-state index >= 15 is 0 Å². The van der Waals surface area contributed by atoms with Crippen molar-refractivity contribution in [3.05, 3.63) is 99.3 Å². The Bertz CT molecular complexity index is 2990. The van der Waals surface area contributed by atoms with Crippen LogP contribution in [0.25, 0.3) is 55.1 Å². The molecule has 75 heavy (non-hydrogen) atoms. The van der Waals surface area contributed by atoms with Gasteiger partial charge in [0.15, 0.2) is 5.78 Å². The molecule has 6 aliphatic heterocycles. The molecular weight excluding hydrogens is 993 g/mol. The predicted molar refractivity (Wildman–Crippen MR) is 293 cm³/mol. The van der Waals surface area contributed by atoms with Crippen LogP contribution in [0, 0.1) is 11.8 Å². The first kappa shape index (κ1) is 55.3. The second kappa shape index (κ2) is 26.2. The summed E-state index contributed by atoms with van der Waals surface area (Å²) < 4.78 is 23.5. The number of carbonyl (C=O) groups excluding carboxylic acids is 1. The molecule has 8 aliphatic rings. The summed E-state index contributed by atoms with van der Waals surface area (Å²) in [6.07, 6.45) is 11.0. The largest absolute Gasteiger partial charge is 1.00 e. The van der Waals surface area contributed by atoms with Gasteiger partial charge in [0.2, 0.25) is 11.9 Å². The minimum absolute atomic E-state index is 0. The number of benzene rings is 2. The number of anilines is 2. The molecule has 0 unspecified atom stereocenters. The molecule has 4 aromatic heterocycles. The van der Waals surface area contributed by atoms with Gasteiger partial charge in [-0.2, -0.15) is 0 Å². The monoisotopic (exact) mass is 1050 g/mol. The van der Waals surface area contributed by atoms with Crippen LogP contribution >= 0.6 is 22.7 Å². The van der Waals surface area contributed by atoms with Crippen LogP contribution in [-0.2, 0) is 49.7 Å². The smallest absolute Gasteiger partial charge is 0.512 e. The molecule has 2 aromatic carbocycles. The number of hydrogen-bond acceptors (Lipinski definition) is 18. The predicted octanol–water partition coefficient (Wildman–Crippen LogP) is 2.76. The third-order valence-corrected chi connectivity index (χ3v) is 16.8. The van der Waals surface area contributed by atoms with Crippen molar-refractivity contribution >= 4 is 81.4 Å². The van der Waals surface area contributed by atoms with Crippen LogP contribution in [0.5, 0.6) is 0 Å². The second-order valence-corrected chi connectivity index (χ2v) is 21.1. The van der Waals surface area contributed by atoms with E-state index in [1.54, 1.807) is 22.7 Å². The third kappa shape index (κ3) is 12.4. The fraction of sp³-hybridized carbons (Fsp3) is 0.455. The van der Waals surface area contributed by atoms with Crippen molar-refractivity contribution in [2.45, 2.75) is 32.0 Å². The van der Waals surface area contributed by atoms with E-state index in [0.717, 1.165) is 178 Å². The van der Waals surface area contributed by atoms with Gasteiger partial charge in [-0.3, -0.25) is 19.5 Å². The molecule has 10 heterocycles. The van der Waals surface area contributed by atoms with E-state index in [-0.39, 0.29) is 43.8 Å². The number of nitrogens with zero attached hydrogens (tertiary/aromatic N) is 10. The van der Waals surface area contributed by atoms with E-state index in [1.165, 1.54) is 53.9 Å². The van der Waals surface area contributed by atoms with Crippen LogP contribution in [0.15, 0.2) is 59.3 Å². The third-order valence-electron chi connectivity index (χ3n) is 14.8. The number of ether oxygens (including phenoxy) is 4. The summed E-state index contributed by atoms with van der Waals surface area (Å²) in [7, 11) is 0. The van der Waals surface area contributed by atoms with Crippen LogP contribution in [0.4, 0.5) is 11.9 Å². The van der Waals surface area contributed by atoms with Gasteiger partial charge in [-0.15, -0.1) is 22.7 Å². The maximum atomic E-state index is 9.77. The number of morpholine rings is 2. The zero-order valence-corrected chi connectivity index (χ0v) is 46.5. The first-order valence-electron chi connectivity index (χ1n) is 25.7. The average Bonchev–Trinajstić information content (AvgIpc) is 4.28. The van der Waals surface area contributed by atoms with Gasteiger partial charge >= 0.3 is 29.6 Å². The van der Waals surface area contributed by atoms with Crippen molar-refractivity contribution in [3.8, 4) is 22.5 Å². The molecular formula is C55H62BN11NaO5S2. The van der Waals surface area contributed by atoms with E-state index in [0.29, 0.717) is 19.3 Å². The van der Waals surface area contributed by atoms with Crippen molar-refractivity contribution < 1.29 is 53.3 Å². The topological polar surface area (TPSA) is 158 Å². The molecule has 0 atom stereocenters. The zero-order valence-electron chi connectivity index (χ0n) is 42.9. The molecule has 3 radical (unpaired) electrons. The Balaban J connectivity index is 0.000000160. The van der Waals surface area contributed by atoms with Crippen molar-refractivity contribution in [1.82, 2.24) is 40.0 Å². The molecule has 2 aliphatic carbocycles. The molecule has 6 fully saturated rings. The molecule has 0 bridgehead atoms. The second-order valence-electron chi connectivity index (χ2n) is 19.4. The van der Waals surface area contributed by atoms with Gasteiger partial charge in [-0.05, 0) is 45.9 Å². The molecule has 16 nitrogen and oxygen atoms in total. The van der Waals surface area contributed by atoms with Crippen molar-refractivity contribution in [2.75, 3.05) is 141 Å². The number of carbonyl (C=O) groups is 1. The van der Waals surface area contributed by atoms with Crippen molar-refractivity contribution in [1.29, 1.82) is 5.26 Å². The Morgan fingerprint density at radius 3 is 1.51 bits per heavy atom. The maximum absolute atomic E-state index is 9.77. The molecule has 0 amide bonds. The van der Waals surface area contributed by atoms with Crippen molar-refractivity contribution in [2.24, 2.45) is 0 Å². The summed E-state index contributed by atoms with van der Waals surface area (Å²) in [6.45, 7) is 24.2. The van der Waals surface area contributed by atoms with Gasteiger partial charge in [-0.25, -0.2) is 19.9 Å². The molecule has 0 spiro atoms. The number of thiophene rings is 2. The Morgan fingerprint density at radius 2 is 1.08 bits per heavy atom. The average molecular weight is 1060 g/mol. The van der Waals surface area contributed by atoms with Crippen LogP contribution in [-0.4, -0.2) is 186 Å². The van der Waals surface area contributed by atoms with Gasteiger partial charge in [0.1, 0.15) is 13.2 Å². The number of rotatable bonds is 9. The summed E-state index contributed by atoms with van der Waals surface area (Å²) in [5, 5.41) is 14.3. The fourth-order valence-corrected chi connectivity index (χ4v) is 12.6. The number of nitrogens with one attached hydrogen (secondary N) is 1. The van der Waals surface area contributed by atoms with E-state index in [1.807, 2.05) is 0 Å². The first-order chi connectivity index (χ1) is 36.1. The normalized spacial score (nSPS) is 19.5. The molecule has 0 saturated carbocycles. The van der Waals surface area contributed by atoms with Crippen LogP contribution < -0.4 is 44.7 Å². The minimum atomic E-state index is 0. The quantitative estimate of drug-likeness (QED) is 0.167. The first-order valence-corrected chi connectivity index (χ1v) is 27.4. The van der Waals surface area contributed by atoms with Crippen LogP contribution in [0.3, 0.4) is 0 Å². The summed E-state index contributed by atoms with van der Waals surface area (Å²) >= 11 is 3.59. The number of fused-ring (bicyclic) bond motifs is 4. The number of aromatic nitrogens is 4. The maximum Gasteiger partial charge on any atom is 1.00 e. The van der Waals surface area contributed by atoms with E-state index in [4.69, 9.17) is 46.0 Å². The van der Waals surface area contributed by atoms with Crippen LogP contribution in [0.2, 0.25) is 0 Å². The molecule has 1 N–H and O–H groups in total. The van der Waals surface area contributed by atoms with Crippen LogP contribution in [0.1, 0.15) is 33.4 Å². The summed E-state index contributed by atoms with van der Waals surface area (Å²) in [4.78, 5) is 42.6.